The summed E-state index contributed by atoms with van der Waals surface area (Å²) < 4.78 is 53.6. The summed E-state index contributed by atoms with van der Waals surface area (Å²) in [5, 5.41) is 6.02. The molecule has 116 valence electrons. The van der Waals surface area contributed by atoms with Crippen LogP contribution in [0.15, 0.2) is 34.8 Å². The van der Waals surface area contributed by atoms with Crippen LogP contribution in [-0.4, -0.2) is 23.2 Å². The Labute approximate surface area is 128 Å². The van der Waals surface area contributed by atoms with Gasteiger partial charge < -0.3 is 0 Å². The first kappa shape index (κ1) is 14.9. The van der Waals surface area contributed by atoms with E-state index in [0.29, 0.717) is 10.2 Å². The lowest BCUT2D eigenvalue weighted by molar-refractivity contribution is 0.146. The average molecular weight is 344 g/mol. The number of alkyl halides is 2. The first-order valence-electron chi connectivity index (χ1n) is 6.04. The Hall–Kier alpha value is -2.07. The molecule has 0 bridgehead atoms. The van der Waals surface area contributed by atoms with Crippen molar-refractivity contribution < 1.29 is 17.2 Å². The summed E-state index contributed by atoms with van der Waals surface area (Å²) in [6.45, 7) is 0. The molecule has 0 saturated heterocycles. The average Bonchev–Trinajstić information content (AvgIpc) is 3.03. The number of nitrogens with one attached hydrogen (secondary N) is 1. The largest absolute Gasteiger partial charge is 0.284 e. The molecular weight excluding hydrogens is 334 g/mol. The molecule has 0 saturated carbocycles. The second-order valence-corrected chi connectivity index (χ2v) is 7.07. The minimum absolute atomic E-state index is 0.0949. The molecular formula is C12H10F2N4O2S2. The molecule has 0 aliphatic rings. The van der Waals surface area contributed by atoms with Crippen LogP contribution in [0.2, 0.25) is 0 Å². The molecule has 1 N–H and O–H groups in total. The van der Waals surface area contributed by atoms with Crippen LogP contribution in [0, 0.1) is 0 Å². The molecule has 0 fully saturated rings. The molecule has 3 aromatic heterocycles. The smallest absolute Gasteiger partial charge is 0.276 e. The quantitative estimate of drug-likeness (QED) is 0.789. The summed E-state index contributed by atoms with van der Waals surface area (Å²) in [5.74, 6) is 0. The fourth-order valence-electron chi connectivity index (χ4n) is 1.93. The summed E-state index contributed by atoms with van der Waals surface area (Å²) in [6, 6.07) is 3.18. The van der Waals surface area contributed by atoms with Crippen LogP contribution in [0.1, 0.15) is 12.1 Å². The molecule has 0 unspecified atom stereocenters. The Bertz CT molecular complexity index is 934. The number of rotatable bonds is 4. The lowest BCUT2D eigenvalue weighted by atomic mass is 10.3. The van der Waals surface area contributed by atoms with Crippen LogP contribution in [0.4, 0.5) is 14.5 Å². The van der Waals surface area contributed by atoms with E-state index in [1.165, 1.54) is 36.8 Å². The number of sulfonamides is 1. The summed E-state index contributed by atoms with van der Waals surface area (Å²) in [5.41, 5.74) is -0.862. The SMILES string of the molecule is Cn1cc(NS(=O)(=O)c2cnc3sccc3c2)c(C(F)F)n1. The van der Waals surface area contributed by atoms with Gasteiger partial charge in [0.2, 0.25) is 0 Å². The van der Waals surface area contributed by atoms with Gasteiger partial charge in [0.05, 0.1) is 5.69 Å². The molecule has 0 amide bonds. The zero-order valence-electron chi connectivity index (χ0n) is 11.2. The van der Waals surface area contributed by atoms with Gasteiger partial charge >= 0.3 is 0 Å². The summed E-state index contributed by atoms with van der Waals surface area (Å²) in [6.07, 6.45) is -0.494. The highest BCUT2D eigenvalue weighted by Crippen LogP contribution is 2.28. The number of hydrogen-bond acceptors (Lipinski definition) is 5. The van der Waals surface area contributed by atoms with Gasteiger partial charge in [0.1, 0.15) is 9.73 Å². The normalized spacial score (nSPS) is 12.2. The lowest BCUT2D eigenvalue weighted by Crippen LogP contribution is -2.14. The fourth-order valence-corrected chi connectivity index (χ4v) is 3.69. The van der Waals surface area contributed by atoms with E-state index in [1.807, 2.05) is 0 Å². The number of aryl methyl sites for hydroxylation is 1. The van der Waals surface area contributed by atoms with Crippen molar-refractivity contribution in [2.45, 2.75) is 11.3 Å². The number of pyridine rings is 1. The number of hydrogen-bond donors (Lipinski definition) is 1. The summed E-state index contributed by atoms with van der Waals surface area (Å²) in [4.78, 5) is 4.65. The number of anilines is 1. The molecule has 3 aromatic rings. The predicted octanol–water partition coefficient (Wildman–Crippen LogP) is 2.77. The van der Waals surface area contributed by atoms with E-state index >= 15 is 0 Å². The second-order valence-electron chi connectivity index (χ2n) is 4.49. The van der Waals surface area contributed by atoms with E-state index in [1.54, 1.807) is 11.4 Å². The van der Waals surface area contributed by atoms with Crippen molar-refractivity contribution in [2.24, 2.45) is 7.05 Å². The molecule has 3 rings (SSSR count). The minimum atomic E-state index is -4.02. The Morgan fingerprint density at radius 1 is 1.41 bits per heavy atom. The zero-order chi connectivity index (χ0) is 15.9. The van der Waals surface area contributed by atoms with Crippen molar-refractivity contribution in [2.75, 3.05) is 4.72 Å². The van der Waals surface area contributed by atoms with Crippen molar-refractivity contribution in [3.05, 3.63) is 35.6 Å². The van der Waals surface area contributed by atoms with Gasteiger partial charge in [-0.05, 0) is 17.5 Å². The van der Waals surface area contributed by atoms with E-state index in [2.05, 4.69) is 14.8 Å². The van der Waals surface area contributed by atoms with Crippen LogP contribution < -0.4 is 4.72 Å². The summed E-state index contributed by atoms with van der Waals surface area (Å²) in [7, 11) is -2.59. The highest BCUT2D eigenvalue weighted by atomic mass is 32.2. The van der Waals surface area contributed by atoms with Crippen LogP contribution in [0.3, 0.4) is 0 Å². The van der Waals surface area contributed by atoms with Gasteiger partial charge in [0.15, 0.2) is 5.69 Å². The Balaban J connectivity index is 1.99. The molecule has 6 nitrogen and oxygen atoms in total. The molecule has 0 aliphatic heterocycles. The number of halogens is 2. The summed E-state index contributed by atoms with van der Waals surface area (Å²) >= 11 is 1.38. The van der Waals surface area contributed by atoms with Crippen molar-refractivity contribution in [1.82, 2.24) is 14.8 Å². The van der Waals surface area contributed by atoms with Crippen LogP contribution >= 0.6 is 11.3 Å². The molecule has 10 heteroatoms. The Morgan fingerprint density at radius 3 is 2.91 bits per heavy atom. The van der Waals surface area contributed by atoms with E-state index in [0.717, 1.165) is 4.68 Å². The lowest BCUT2D eigenvalue weighted by Gasteiger charge is -2.07. The van der Waals surface area contributed by atoms with Crippen LogP contribution in [0.25, 0.3) is 10.2 Å². The van der Waals surface area contributed by atoms with Gasteiger partial charge in [0, 0.05) is 24.8 Å². The third-order valence-corrected chi connectivity index (χ3v) is 5.07. The van der Waals surface area contributed by atoms with Crippen LogP contribution in [0.5, 0.6) is 0 Å². The number of fused-ring (bicyclic) bond motifs is 1. The standard InChI is InChI=1S/C12H10F2N4O2S2/c1-18-6-9(10(16-18)11(13)14)17-22(19,20)8-4-7-2-3-21-12(7)15-5-8/h2-6,11,17H,1H3. The van der Waals surface area contributed by atoms with Gasteiger partial charge in [-0.15, -0.1) is 11.3 Å². The third kappa shape index (κ3) is 2.66. The van der Waals surface area contributed by atoms with Crippen molar-refractivity contribution >= 4 is 37.3 Å². The molecule has 0 aromatic carbocycles. The fraction of sp³-hybridized carbons (Fsp3) is 0.167. The van der Waals surface area contributed by atoms with Gasteiger partial charge in [-0.25, -0.2) is 22.2 Å². The topological polar surface area (TPSA) is 76.9 Å². The highest BCUT2D eigenvalue weighted by Gasteiger charge is 2.23. The van der Waals surface area contributed by atoms with Crippen molar-refractivity contribution in [3.8, 4) is 0 Å². The number of thiophene rings is 1. The molecule has 0 aliphatic carbocycles. The first-order chi connectivity index (χ1) is 10.4. The second kappa shape index (κ2) is 5.29. The molecule has 0 radical (unpaired) electrons. The maximum atomic E-state index is 12.9. The molecule has 22 heavy (non-hydrogen) atoms. The van der Waals surface area contributed by atoms with Crippen molar-refractivity contribution in [1.29, 1.82) is 0 Å². The Morgan fingerprint density at radius 2 is 2.18 bits per heavy atom. The van der Waals surface area contributed by atoms with Gasteiger partial charge in [0.25, 0.3) is 16.4 Å². The Kier molecular flexibility index (Phi) is 3.57. The first-order valence-corrected chi connectivity index (χ1v) is 8.41. The monoisotopic (exact) mass is 344 g/mol. The van der Waals surface area contributed by atoms with Crippen LogP contribution in [-0.2, 0) is 17.1 Å². The maximum Gasteiger partial charge on any atom is 0.284 e. The van der Waals surface area contributed by atoms with E-state index < -0.39 is 22.1 Å². The number of aromatic nitrogens is 3. The predicted molar refractivity (Wildman–Crippen MR) is 78.6 cm³/mol. The third-order valence-electron chi connectivity index (χ3n) is 2.90. The van der Waals surface area contributed by atoms with Gasteiger partial charge in [-0.3, -0.25) is 9.40 Å². The van der Waals surface area contributed by atoms with Crippen molar-refractivity contribution in [3.63, 3.8) is 0 Å². The van der Waals surface area contributed by atoms with E-state index in [9.17, 15) is 17.2 Å². The number of nitrogens with zero attached hydrogens (tertiary/aromatic N) is 3. The minimum Gasteiger partial charge on any atom is -0.276 e. The highest BCUT2D eigenvalue weighted by molar-refractivity contribution is 7.92. The maximum absolute atomic E-state index is 12.9. The van der Waals surface area contributed by atoms with E-state index in [-0.39, 0.29) is 10.6 Å². The zero-order valence-corrected chi connectivity index (χ0v) is 12.8. The van der Waals surface area contributed by atoms with E-state index in [4.69, 9.17) is 0 Å². The molecule has 3 heterocycles. The molecule has 0 atom stereocenters. The van der Waals surface area contributed by atoms with Gasteiger partial charge in [-0.1, -0.05) is 0 Å². The van der Waals surface area contributed by atoms with Gasteiger partial charge in [-0.2, -0.15) is 5.10 Å². The molecule has 0 spiro atoms.